The van der Waals surface area contributed by atoms with E-state index in [0.717, 1.165) is 4.90 Å². The fourth-order valence-electron chi connectivity index (χ4n) is 3.69. The lowest BCUT2D eigenvalue weighted by molar-refractivity contribution is -0.121. The van der Waals surface area contributed by atoms with Crippen LogP contribution in [0.25, 0.3) is 0 Å². The number of nitrogens with one attached hydrogen (secondary N) is 1. The highest BCUT2D eigenvalue weighted by molar-refractivity contribution is 6.21. The van der Waals surface area contributed by atoms with Gasteiger partial charge in [-0.2, -0.15) is 0 Å². The van der Waals surface area contributed by atoms with Gasteiger partial charge in [-0.3, -0.25) is 24.1 Å². The van der Waals surface area contributed by atoms with Gasteiger partial charge >= 0.3 is 0 Å². The summed E-state index contributed by atoms with van der Waals surface area (Å²) in [4.78, 5) is 52.1. The molecule has 30 heavy (non-hydrogen) atoms. The molecule has 0 fully saturated rings. The number of hydrogen-bond acceptors (Lipinski definition) is 5. The Bertz CT molecular complexity index is 1030. The Morgan fingerprint density at radius 1 is 1.07 bits per heavy atom. The number of anilines is 2. The SMILES string of the molecule is CC(C)N1C(=O)COc2ccc(NC(=O)CCN3C(=O)c4ccccc4C3=O)cc21. The number of fused-ring (bicyclic) bond motifs is 2. The summed E-state index contributed by atoms with van der Waals surface area (Å²) >= 11 is 0. The van der Waals surface area contributed by atoms with Crippen LogP contribution in [0, 0.1) is 0 Å². The summed E-state index contributed by atoms with van der Waals surface area (Å²) in [6.07, 6.45) is -0.0358. The van der Waals surface area contributed by atoms with Gasteiger partial charge in [-0.25, -0.2) is 0 Å². The first-order valence-electron chi connectivity index (χ1n) is 9.71. The van der Waals surface area contributed by atoms with Gasteiger partial charge in [-0.15, -0.1) is 0 Å². The first kappa shape index (κ1) is 19.6. The van der Waals surface area contributed by atoms with E-state index in [1.54, 1.807) is 47.4 Å². The number of hydrogen-bond donors (Lipinski definition) is 1. The molecule has 0 radical (unpaired) electrons. The standard InChI is InChI=1S/C22H21N3O5/c1-13(2)25-17-11-14(7-8-18(17)30-12-20(25)27)23-19(26)9-10-24-21(28)15-5-3-4-6-16(15)22(24)29/h3-8,11,13H,9-10,12H2,1-2H3,(H,23,26). The maximum Gasteiger partial charge on any atom is 0.265 e. The predicted molar refractivity (Wildman–Crippen MR) is 110 cm³/mol. The first-order chi connectivity index (χ1) is 14.4. The van der Waals surface area contributed by atoms with Gasteiger partial charge in [0.15, 0.2) is 6.61 Å². The molecule has 8 heteroatoms. The molecular formula is C22H21N3O5. The van der Waals surface area contributed by atoms with Gasteiger partial charge in [-0.05, 0) is 44.2 Å². The minimum absolute atomic E-state index is 0.0111. The highest BCUT2D eigenvalue weighted by Crippen LogP contribution is 2.35. The minimum Gasteiger partial charge on any atom is -0.482 e. The Labute approximate surface area is 173 Å². The summed E-state index contributed by atoms with van der Waals surface area (Å²) in [5, 5.41) is 2.76. The van der Waals surface area contributed by atoms with Crippen molar-refractivity contribution in [2.75, 3.05) is 23.4 Å². The van der Waals surface area contributed by atoms with Gasteiger partial charge in [0.25, 0.3) is 17.7 Å². The number of carbonyl (C=O) groups is 4. The number of carbonyl (C=O) groups excluding carboxylic acids is 4. The van der Waals surface area contributed by atoms with Crippen molar-refractivity contribution in [2.45, 2.75) is 26.3 Å². The molecule has 2 aromatic carbocycles. The third-order valence-electron chi connectivity index (χ3n) is 5.08. The third-order valence-corrected chi connectivity index (χ3v) is 5.08. The third kappa shape index (κ3) is 3.41. The van der Waals surface area contributed by atoms with Crippen molar-refractivity contribution in [3.63, 3.8) is 0 Å². The summed E-state index contributed by atoms with van der Waals surface area (Å²) in [6, 6.07) is 11.6. The lowest BCUT2D eigenvalue weighted by Gasteiger charge is -2.32. The van der Waals surface area contributed by atoms with Crippen LogP contribution in [0.15, 0.2) is 42.5 Å². The van der Waals surface area contributed by atoms with Gasteiger partial charge in [-0.1, -0.05) is 12.1 Å². The monoisotopic (exact) mass is 407 g/mol. The average Bonchev–Trinajstić information content (AvgIpc) is 2.96. The second-order valence-electron chi connectivity index (χ2n) is 7.43. The van der Waals surface area contributed by atoms with E-state index in [4.69, 9.17) is 4.74 Å². The maximum atomic E-state index is 12.4. The largest absolute Gasteiger partial charge is 0.482 e. The van der Waals surface area contributed by atoms with Crippen LogP contribution in [-0.2, 0) is 9.59 Å². The molecule has 0 atom stereocenters. The van der Waals surface area contributed by atoms with Gasteiger partial charge < -0.3 is 15.0 Å². The summed E-state index contributed by atoms with van der Waals surface area (Å²) < 4.78 is 5.46. The van der Waals surface area contributed by atoms with Crippen molar-refractivity contribution >= 4 is 35.0 Å². The molecule has 8 nitrogen and oxygen atoms in total. The van der Waals surface area contributed by atoms with Gasteiger partial charge in [0.05, 0.1) is 16.8 Å². The number of amides is 4. The molecule has 2 heterocycles. The molecule has 0 aromatic heterocycles. The molecule has 0 aliphatic carbocycles. The van der Waals surface area contributed by atoms with Crippen LogP contribution in [0.3, 0.4) is 0 Å². The first-order valence-corrected chi connectivity index (χ1v) is 9.71. The molecule has 2 aromatic rings. The fourth-order valence-corrected chi connectivity index (χ4v) is 3.69. The lowest BCUT2D eigenvalue weighted by atomic mass is 10.1. The van der Waals surface area contributed by atoms with Crippen LogP contribution >= 0.6 is 0 Å². The Balaban J connectivity index is 1.43. The zero-order chi connectivity index (χ0) is 21.4. The zero-order valence-electron chi connectivity index (χ0n) is 16.7. The summed E-state index contributed by atoms with van der Waals surface area (Å²) in [5.74, 6) is -0.689. The molecule has 0 saturated carbocycles. The van der Waals surface area contributed by atoms with Crippen LogP contribution < -0.4 is 15.0 Å². The van der Waals surface area contributed by atoms with Gasteiger partial charge in [0.2, 0.25) is 5.91 Å². The summed E-state index contributed by atoms with van der Waals surface area (Å²) in [5.41, 5.74) is 1.82. The summed E-state index contributed by atoms with van der Waals surface area (Å²) in [6.45, 7) is 3.78. The Morgan fingerprint density at radius 3 is 2.37 bits per heavy atom. The van der Waals surface area contributed by atoms with Crippen molar-refractivity contribution in [2.24, 2.45) is 0 Å². The highest BCUT2D eigenvalue weighted by Gasteiger charge is 2.35. The smallest absolute Gasteiger partial charge is 0.265 e. The molecule has 1 N–H and O–H groups in total. The quantitative estimate of drug-likeness (QED) is 0.768. The Morgan fingerprint density at radius 2 is 1.73 bits per heavy atom. The van der Waals surface area contributed by atoms with E-state index < -0.39 is 0 Å². The number of nitrogens with zero attached hydrogens (tertiary/aromatic N) is 2. The van der Waals surface area contributed by atoms with Crippen molar-refractivity contribution in [1.29, 1.82) is 0 Å². The van der Waals surface area contributed by atoms with E-state index in [1.807, 2.05) is 13.8 Å². The van der Waals surface area contributed by atoms with E-state index in [9.17, 15) is 19.2 Å². The number of rotatable bonds is 5. The number of benzene rings is 2. The molecule has 0 spiro atoms. The van der Waals surface area contributed by atoms with Gasteiger partial charge in [0, 0.05) is 24.7 Å². The van der Waals surface area contributed by atoms with Crippen molar-refractivity contribution < 1.29 is 23.9 Å². The second-order valence-corrected chi connectivity index (χ2v) is 7.43. The molecule has 0 bridgehead atoms. The lowest BCUT2D eigenvalue weighted by Crippen LogP contribution is -2.43. The minimum atomic E-state index is -0.389. The van der Waals surface area contributed by atoms with Crippen molar-refractivity contribution in [3.05, 3.63) is 53.6 Å². The fraction of sp³-hybridized carbons (Fsp3) is 0.273. The van der Waals surface area contributed by atoms with Gasteiger partial charge in [0.1, 0.15) is 5.75 Å². The molecule has 4 amide bonds. The number of imide groups is 1. The maximum absolute atomic E-state index is 12.4. The second kappa shape index (κ2) is 7.62. The van der Waals surface area contributed by atoms with E-state index in [1.165, 1.54) is 0 Å². The van der Waals surface area contributed by atoms with Crippen LogP contribution in [0.4, 0.5) is 11.4 Å². The van der Waals surface area contributed by atoms with Crippen molar-refractivity contribution in [3.8, 4) is 5.75 Å². The highest BCUT2D eigenvalue weighted by atomic mass is 16.5. The molecule has 2 aliphatic rings. The van der Waals surface area contributed by atoms with Crippen LogP contribution in [0.2, 0.25) is 0 Å². The van der Waals surface area contributed by atoms with Crippen LogP contribution in [0.5, 0.6) is 5.75 Å². The van der Waals surface area contributed by atoms with E-state index >= 15 is 0 Å². The Kier molecular flexibility index (Phi) is 4.99. The van der Waals surface area contributed by atoms with E-state index in [2.05, 4.69) is 5.32 Å². The number of ether oxygens (including phenoxy) is 1. The molecule has 2 aliphatic heterocycles. The Hall–Kier alpha value is -3.68. The zero-order valence-corrected chi connectivity index (χ0v) is 16.7. The topological polar surface area (TPSA) is 96.0 Å². The van der Waals surface area contributed by atoms with E-state index in [0.29, 0.717) is 28.3 Å². The molecule has 4 rings (SSSR count). The normalized spacial score (nSPS) is 15.2. The predicted octanol–water partition coefficient (Wildman–Crippen LogP) is 2.45. The van der Waals surface area contributed by atoms with E-state index in [-0.39, 0.29) is 49.2 Å². The van der Waals surface area contributed by atoms with Crippen LogP contribution in [0.1, 0.15) is 41.0 Å². The molecule has 0 unspecified atom stereocenters. The van der Waals surface area contributed by atoms with Crippen LogP contribution in [-0.4, -0.2) is 47.7 Å². The average molecular weight is 407 g/mol. The summed E-state index contributed by atoms with van der Waals surface area (Å²) in [7, 11) is 0. The van der Waals surface area contributed by atoms with Crippen molar-refractivity contribution in [1.82, 2.24) is 4.90 Å². The molecule has 0 saturated heterocycles. The molecular weight excluding hydrogens is 386 g/mol. The molecule has 154 valence electrons.